The van der Waals surface area contributed by atoms with Gasteiger partial charge < -0.3 is 15.0 Å². The van der Waals surface area contributed by atoms with Gasteiger partial charge in [0.05, 0.1) is 21.7 Å². The zero-order chi connectivity index (χ0) is 27.6. The Morgan fingerprint density at radius 1 is 1.08 bits per heavy atom. The summed E-state index contributed by atoms with van der Waals surface area (Å²) in [4.78, 5) is 28.0. The molecule has 39 heavy (non-hydrogen) atoms. The number of fused-ring (bicyclic) bond motifs is 2. The summed E-state index contributed by atoms with van der Waals surface area (Å²) >= 11 is 12.5. The Morgan fingerprint density at radius 2 is 1.82 bits per heavy atom. The van der Waals surface area contributed by atoms with Crippen LogP contribution in [0, 0.1) is 5.82 Å². The van der Waals surface area contributed by atoms with Gasteiger partial charge in [-0.3, -0.25) is 10.1 Å². The number of hydrogen-bond acceptors (Lipinski definition) is 4. The average molecular weight is 570 g/mol. The van der Waals surface area contributed by atoms with Crippen LogP contribution in [-0.4, -0.2) is 36.0 Å². The van der Waals surface area contributed by atoms with Gasteiger partial charge in [-0.25, -0.2) is 9.18 Å². The fourth-order valence-electron chi connectivity index (χ4n) is 5.59. The van der Waals surface area contributed by atoms with Crippen molar-refractivity contribution in [1.29, 1.82) is 0 Å². The molecule has 6 nitrogen and oxygen atoms in total. The topological polar surface area (TPSA) is 70.7 Å². The number of amides is 2. The largest absolute Gasteiger partial charge is 0.438 e. The summed E-state index contributed by atoms with van der Waals surface area (Å²) in [5.41, 5.74) is 2.20. The smallest absolute Gasteiger partial charge is 0.412 e. The molecule has 2 N–H and O–H groups in total. The second-order valence-corrected chi connectivity index (χ2v) is 11.1. The molecule has 1 spiro atoms. The molecule has 1 fully saturated rings. The van der Waals surface area contributed by atoms with E-state index in [1.165, 1.54) is 12.1 Å². The monoisotopic (exact) mass is 569 g/mol. The predicted octanol–water partition coefficient (Wildman–Crippen LogP) is 6.86. The van der Waals surface area contributed by atoms with E-state index >= 15 is 0 Å². The van der Waals surface area contributed by atoms with E-state index in [9.17, 15) is 14.0 Å². The molecule has 2 amide bonds. The summed E-state index contributed by atoms with van der Waals surface area (Å²) in [5.74, 6) is -0.898. The van der Waals surface area contributed by atoms with Crippen LogP contribution in [0.2, 0.25) is 10.0 Å². The number of carbonyl (C=O) groups is 2. The number of halogens is 3. The van der Waals surface area contributed by atoms with Gasteiger partial charge in [0.1, 0.15) is 11.4 Å². The molecule has 0 aromatic heterocycles. The predicted molar refractivity (Wildman–Crippen MR) is 151 cm³/mol. The second kappa shape index (κ2) is 11.5. The molecule has 2 heterocycles. The van der Waals surface area contributed by atoms with Crippen LogP contribution in [0.4, 0.5) is 14.9 Å². The van der Waals surface area contributed by atoms with Gasteiger partial charge in [0, 0.05) is 44.1 Å². The van der Waals surface area contributed by atoms with Crippen molar-refractivity contribution >= 4 is 40.9 Å². The molecule has 204 valence electrons. The Morgan fingerprint density at radius 3 is 2.54 bits per heavy atom. The summed E-state index contributed by atoms with van der Waals surface area (Å²) in [6, 6.07) is 19.5. The summed E-state index contributed by atoms with van der Waals surface area (Å²) in [6.07, 6.45) is 1.08. The summed E-state index contributed by atoms with van der Waals surface area (Å²) in [5, 5.41) is 6.59. The highest BCUT2D eigenvalue weighted by Crippen LogP contribution is 2.44. The third-order valence-electron chi connectivity index (χ3n) is 7.78. The number of likely N-dealkylation sites (tertiary alicyclic amines) is 1. The van der Waals surface area contributed by atoms with E-state index in [4.69, 9.17) is 27.9 Å². The normalized spacial score (nSPS) is 18.0. The Labute approximate surface area is 237 Å². The summed E-state index contributed by atoms with van der Waals surface area (Å²) < 4.78 is 19.9. The number of hydrogen-bond donors (Lipinski definition) is 2. The molecular formula is C30H30Cl2FN3O3. The number of nitrogens with one attached hydrogen (secondary N) is 2. The van der Waals surface area contributed by atoms with Gasteiger partial charge in [0.15, 0.2) is 0 Å². The zero-order valence-corrected chi connectivity index (χ0v) is 23.1. The van der Waals surface area contributed by atoms with E-state index in [-0.39, 0.29) is 17.8 Å². The molecule has 3 aromatic rings. The summed E-state index contributed by atoms with van der Waals surface area (Å²) in [7, 11) is 0. The van der Waals surface area contributed by atoms with Crippen molar-refractivity contribution in [3.05, 3.63) is 99.3 Å². The minimum Gasteiger partial charge on any atom is -0.438 e. The van der Waals surface area contributed by atoms with Crippen LogP contribution in [0.1, 0.15) is 48.8 Å². The Hall–Kier alpha value is -3.13. The maximum absolute atomic E-state index is 14.1. The van der Waals surface area contributed by atoms with Crippen LogP contribution in [0.15, 0.2) is 66.7 Å². The first kappa shape index (κ1) is 27.4. The molecule has 2 unspecified atom stereocenters. The van der Waals surface area contributed by atoms with Gasteiger partial charge in [-0.2, -0.15) is 0 Å². The molecular weight excluding hydrogens is 540 g/mol. The lowest BCUT2D eigenvalue weighted by molar-refractivity contribution is -0.123. The van der Waals surface area contributed by atoms with Crippen molar-refractivity contribution in [2.24, 2.45) is 0 Å². The fourth-order valence-corrected chi connectivity index (χ4v) is 5.90. The van der Waals surface area contributed by atoms with Crippen LogP contribution in [0.3, 0.4) is 0 Å². The zero-order valence-electron chi connectivity index (χ0n) is 21.6. The second-order valence-electron chi connectivity index (χ2n) is 10.2. The minimum absolute atomic E-state index is 0.0358. The van der Waals surface area contributed by atoms with Gasteiger partial charge in [0.2, 0.25) is 5.91 Å². The van der Waals surface area contributed by atoms with Crippen LogP contribution in [0.25, 0.3) is 0 Å². The van der Waals surface area contributed by atoms with Crippen molar-refractivity contribution < 1.29 is 18.7 Å². The number of ether oxygens (including phenoxy) is 1. The highest BCUT2D eigenvalue weighted by molar-refractivity contribution is 6.42. The molecule has 2 atom stereocenters. The van der Waals surface area contributed by atoms with Crippen LogP contribution in [-0.2, 0) is 21.7 Å². The number of piperidine rings is 1. The van der Waals surface area contributed by atoms with Crippen molar-refractivity contribution in [3.63, 3.8) is 0 Å². The number of anilines is 1. The Bertz CT molecular complexity index is 1360. The lowest BCUT2D eigenvalue weighted by Crippen LogP contribution is -2.50. The van der Waals surface area contributed by atoms with Gasteiger partial charge in [-0.1, -0.05) is 59.6 Å². The maximum atomic E-state index is 14.1. The molecule has 3 aromatic carbocycles. The van der Waals surface area contributed by atoms with E-state index < -0.39 is 17.6 Å². The molecule has 1 saturated heterocycles. The maximum Gasteiger partial charge on any atom is 0.412 e. The third kappa shape index (κ3) is 6.06. The van der Waals surface area contributed by atoms with E-state index in [0.29, 0.717) is 60.2 Å². The van der Waals surface area contributed by atoms with E-state index in [0.717, 1.165) is 11.1 Å². The van der Waals surface area contributed by atoms with E-state index in [1.807, 2.05) is 36.4 Å². The standard InChI is InChI=1S/C30H30Cl2FN3O3/c1-19(36-13-11-30(12-14-36)24-17-22(33)8-10-27(24)35-29(38)39-30)15-23(21-7-9-25(31)26(32)16-21)28(37)34-18-20-5-3-2-4-6-20/h2-10,16-17,19,23H,11-15,18H2,1H3,(H,34,37)(H,35,38). The minimum atomic E-state index is -0.869. The van der Waals surface area contributed by atoms with Crippen molar-refractivity contribution in [2.45, 2.75) is 50.3 Å². The quantitative estimate of drug-likeness (QED) is 0.326. The number of nitrogens with zero attached hydrogens (tertiary/aromatic N) is 1. The molecule has 0 bridgehead atoms. The number of benzene rings is 3. The molecule has 5 rings (SSSR count). The highest BCUT2D eigenvalue weighted by atomic mass is 35.5. The average Bonchev–Trinajstić information content (AvgIpc) is 2.93. The number of carbonyl (C=O) groups excluding carboxylic acids is 2. The van der Waals surface area contributed by atoms with Crippen molar-refractivity contribution in [2.75, 3.05) is 18.4 Å². The van der Waals surface area contributed by atoms with Crippen LogP contribution in [0.5, 0.6) is 0 Å². The fraction of sp³-hybridized carbons (Fsp3) is 0.333. The number of rotatable bonds is 7. The first-order valence-electron chi connectivity index (χ1n) is 13.0. The van der Waals surface area contributed by atoms with Gasteiger partial charge in [-0.15, -0.1) is 0 Å². The third-order valence-corrected chi connectivity index (χ3v) is 8.51. The molecule has 0 radical (unpaired) electrons. The van der Waals surface area contributed by atoms with E-state index in [2.05, 4.69) is 22.5 Å². The van der Waals surface area contributed by atoms with Crippen LogP contribution >= 0.6 is 23.2 Å². The SMILES string of the molecule is CC(CC(C(=O)NCc1ccccc1)c1ccc(Cl)c(Cl)c1)N1CCC2(CC1)OC(=O)Nc1ccc(F)cc12. The Kier molecular flexibility index (Phi) is 8.12. The van der Waals surface area contributed by atoms with Gasteiger partial charge in [0.25, 0.3) is 0 Å². The van der Waals surface area contributed by atoms with E-state index in [1.54, 1.807) is 18.2 Å². The first-order valence-corrected chi connectivity index (χ1v) is 13.8. The lowest BCUT2D eigenvalue weighted by atomic mass is 9.81. The van der Waals surface area contributed by atoms with Crippen molar-refractivity contribution in [3.8, 4) is 0 Å². The highest BCUT2D eigenvalue weighted by Gasteiger charge is 2.45. The molecule has 2 aliphatic heterocycles. The Balaban J connectivity index is 1.30. The first-order chi connectivity index (χ1) is 18.7. The van der Waals surface area contributed by atoms with Crippen molar-refractivity contribution in [1.82, 2.24) is 10.2 Å². The molecule has 2 aliphatic rings. The van der Waals surface area contributed by atoms with Gasteiger partial charge >= 0.3 is 6.09 Å². The lowest BCUT2D eigenvalue weighted by Gasteiger charge is -2.46. The molecule has 9 heteroatoms. The molecule has 0 aliphatic carbocycles. The summed E-state index contributed by atoms with van der Waals surface area (Å²) in [6.45, 7) is 3.77. The van der Waals surface area contributed by atoms with Crippen LogP contribution < -0.4 is 10.6 Å². The molecule has 0 saturated carbocycles. The van der Waals surface area contributed by atoms with Gasteiger partial charge in [-0.05, 0) is 54.8 Å².